The first kappa shape index (κ1) is 51.3. The summed E-state index contributed by atoms with van der Waals surface area (Å²) in [5, 5.41) is 23.1. The summed E-state index contributed by atoms with van der Waals surface area (Å²) in [7, 11) is 3.28. The molecule has 1 aromatic rings. The number of rotatable bonds is 16. The summed E-state index contributed by atoms with van der Waals surface area (Å²) >= 11 is 0. The number of carbonyl (C=O) groups excluding carboxylic acids is 8. The first-order valence-corrected chi connectivity index (χ1v) is 21.6. The number of nitrogens with zero attached hydrogens (tertiary/aromatic N) is 2. The lowest BCUT2D eigenvalue weighted by atomic mass is 9.85. The van der Waals surface area contributed by atoms with E-state index in [2.05, 4.69) is 42.5 Å². The van der Waals surface area contributed by atoms with Crippen LogP contribution in [0.25, 0.3) is 0 Å². The first-order valence-electron chi connectivity index (χ1n) is 21.6. The van der Waals surface area contributed by atoms with Crippen LogP contribution in [0.3, 0.4) is 0 Å². The molecular formula is C44H72N10O8. The van der Waals surface area contributed by atoms with E-state index in [1.54, 1.807) is 27.9 Å². The molecule has 8 atom stereocenters. The van der Waals surface area contributed by atoms with Crippen molar-refractivity contribution >= 4 is 47.3 Å². The maximum Gasteiger partial charge on any atom is 0.251 e. The summed E-state index contributed by atoms with van der Waals surface area (Å²) in [5.74, 6) is -3.30. The van der Waals surface area contributed by atoms with Gasteiger partial charge in [0, 0.05) is 48.4 Å². The zero-order chi connectivity index (χ0) is 47.0. The molecule has 62 heavy (non-hydrogen) atoms. The lowest BCUT2D eigenvalue weighted by Gasteiger charge is -2.36. The molecule has 1 aromatic carbocycles. The van der Waals surface area contributed by atoms with E-state index in [1.165, 1.54) is 34.1 Å². The van der Waals surface area contributed by atoms with Crippen LogP contribution in [-0.4, -0.2) is 145 Å². The van der Waals surface area contributed by atoms with Crippen LogP contribution in [0.5, 0.6) is 0 Å². The number of carbonyl (C=O) groups is 8. The third kappa shape index (κ3) is 13.4. The van der Waals surface area contributed by atoms with Crippen molar-refractivity contribution in [3.05, 3.63) is 35.4 Å². The molecule has 0 spiro atoms. The molecule has 2 aliphatic heterocycles. The minimum atomic E-state index is -0.954. The Bertz CT molecular complexity index is 1680. The number of hydrogen-bond donors (Lipinski definition) is 8. The Hall–Kier alpha value is -5.10. The van der Waals surface area contributed by atoms with Crippen LogP contribution >= 0.6 is 0 Å². The van der Waals surface area contributed by atoms with Crippen molar-refractivity contribution in [3.8, 4) is 0 Å². The van der Waals surface area contributed by atoms with Gasteiger partial charge in [0.15, 0.2) is 0 Å². The summed E-state index contributed by atoms with van der Waals surface area (Å²) < 4.78 is 0. The molecular weight excluding hydrogens is 797 g/mol. The van der Waals surface area contributed by atoms with Gasteiger partial charge in [-0.15, -0.1) is 0 Å². The third-order valence-corrected chi connectivity index (χ3v) is 11.2. The smallest absolute Gasteiger partial charge is 0.251 e. The molecule has 18 heteroatoms. The predicted molar refractivity (Wildman–Crippen MR) is 236 cm³/mol. The van der Waals surface area contributed by atoms with Crippen LogP contribution in [0.1, 0.15) is 117 Å². The molecule has 0 radical (unpaired) electrons. The summed E-state index contributed by atoms with van der Waals surface area (Å²) in [5.41, 5.74) is -0.929. The van der Waals surface area contributed by atoms with Crippen LogP contribution in [0.2, 0.25) is 0 Å². The standard InChI is InChI=1S/C44H72N10O8/c1-23(2)47-39(59)31-19-29(21-53(31)41(61)33(43(7,8)9)51-35(55)25(5)45-13)49-37(57)27-15-17-28(18-16-27)38(58)50-30-20-32(40(60)48-24(3)4)54(22-30)42(62)34(44(10,11)12)52-36(56)26(6)46-14/h15-18,23-26,29-34,45-46H,19-22H2,1-14H3,(H,47,59)(H,48,60)(H,49,57)(H,50,58)(H,51,55)(H,52,56)/t25-,26-,29-,30-,31-,32-,33+,34+/m0/s1. The Balaban J connectivity index is 1.78. The highest BCUT2D eigenvalue weighted by Crippen LogP contribution is 2.28. The molecule has 2 heterocycles. The van der Waals surface area contributed by atoms with Crippen LogP contribution in [0.4, 0.5) is 0 Å². The molecule has 0 saturated carbocycles. The number of likely N-dealkylation sites (tertiary alicyclic amines) is 2. The molecule has 0 aliphatic carbocycles. The maximum absolute atomic E-state index is 14.2. The maximum atomic E-state index is 14.2. The van der Waals surface area contributed by atoms with Crippen molar-refractivity contribution in [3.63, 3.8) is 0 Å². The summed E-state index contributed by atoms with van der Waals surface area (Å²) in [6.07, 6.45) is 0.284. The Morgan fingerprint density at radius 2 is 0.839 bits per heavy atom. The van der Waals surface area contributed by atoms with Crippen LogP contribution < -0.4 is 42.5 Å². The molecule has 8 N–H and O–H groups in total. The van der Waals surface area contributed by atoms with Crippen molar-refractivity contribution in [2.75, 3.05) is 27.2 Å². The molecule has 0 unspecified atom stereocenters. The van der Waals surface area contributed by atoms with E-state index in [4.69, 9.17) is 0 Å². The Morgan fingerprint density at radius 3 is 1.10 bits per heavy atom. The average molecular weight is 869 g/mol. The first-order chi connectivity index (χ1) is 28.7. The zero-order valence-electron chi connectivity index (χ0n) is 39.1. The van der Waals surface area contributed by atoms with Gasteiger partial charge in [-0.05, 0) is 104 Å². The number of benzene rings is 1. The molecule has 3 rings (SSSR count). The van der Waals surface area contributed by atoms with E-state index in [0.717, 1.165) is 0 Å². The quantitative estimate of drug-likeness (QED) is 0.114. The van der Waals surface area contributed by atoms with Crippen molar-refractivity contribution < 1.29 is 38.4 Å². The van der Waals surface area contributed by atoms with Gasteiger partial charge in [0.2, 0.25) is 35.4 Å². The normalized spacial score (nSPS) is 21.1. The fourth-order valence-corrected chi connectivity index (χ4v) is 7.36. The molecule has 2 fully saturated rings. The van der Waals surface area contributed by atoms with Gasteiger partial charge in [-0.25, -0.2) is 0 Å². The van der Waals surface area contributed by atoms with Crippen molar-refractivity contribution in [1.29, 1.82) is 0 Å². The van der Waals surface area contributed by atoms with Crippen molar-refractivity contribution in [2.24, 2.45) is 10.8 Å². The second-order valence-corrected chi connectivity index (χ2v) is 19.4. The predicted octanol–water partition coefficient (Wildman–Crippen LogP) is 0.412. The van der Waals surface area contributed by atoms with E-state index in [1.807, 2.05) is 69.2 Å². The minimum absolute atomic E-state index is 0.0281. The molecule has 346 valence electrons. The highest BCUT2D eigenvalue weighted by Gasteiger charge is 2.47. The highest BCUT2D eigenvalue weighted by atomic mass is 16.2. The Labute approximate surface area is 366 Å². The molecule has 0 bridgehead atoms. The second kappa shape index (κ2) is 21.3. The van der Waals surface area contributed by atoms with Crippen LogP contribution in [0, 0.1) is 10.8 Å². The monoisotopic (exact) mass is 869 g/mol. The topological polar surface area (TPSA) is 239 Å². The summed E-state index contributed by atoms with van der Waals surface area (Å²) in [6.45, 7) is 21.6. The van der Waals surface area contributed by atoms with Gasteiger partial charge in [-0.1, -0.05) is 41.5 Å². The summed E-state index contributed by atoms with van der Waals surface area (Å²) in [6, 6.07) is -0.468. The lowest BCUT2D eigenvalue weighted by molar-refractivity contribution is -0.144. The fraction of sp³-hybridized carbons (Fsp3) is 0.682. The Kier molecular flexibility index (Phi) is 17.6. The molecule has 2 saturated heterocycles. The fourth-order valence-electron chi connectivity index (χ4n) is 7.36. The average Bonchev–Trinajstić information content (AvgIpc) is 3.81. The van der Waals surface area contributed by atoms with E-state index in [-0.39, 0.29) is 72.8 Å². The second-order valence-electron chi connectivity index (χ2n) is 19.4. The van der Waals surface area contributed by atoms with Crippen molar-refractivity contribution in [2.45, 2.75) is 156 Å². The number of hydrogen-bond acceptors (Lipinski definition) is 10. The largest absolute Gasteiger partial charge is 0.352 e. The molecule has 18 nitrogen and oxygen atoms in total. The van der Waals surface area contributed by atoms with E-state index >= 15 is 0 Å². The van der Waals surface area contributed by atoms with Gasteiger partial charge >= 0.3 is 0 Å². The molecule has 2 aliphatic rings. The lowest BCUT2D eigenvalue weighted by Crippen LogP contribution is -2.59. The zero-order valence-corrected chi connectivity index (χ0v) is 39.1. The van der Waals surface area contributed by atoms with E-state index < -0.39 is 82.8 Å². The number of amides is 8. The van der Waals surface area contributed by atoms with Gasteiger partial charge < -0.3 is 52.3 Å². The van der Waals surface area contributed by atoms with Gasteiger partial charge in [0.05, 0.1) is 12.1 Å². The number of likely N-dealkylation sites (N-methyl/N-ethyl adjacent to an activating group) is 2. The highest BCUT2D eigenvalue weighted by molar-refractivity contribution is 5.99. The summed E-state index contributed by atoms with van der Waals surface area (Å²) in [4.78, 5) is 111. The van der Waals surface area contributed by atoms with Gasteiger partial charge in [-0.2, -0.15) is 0 Å². The van der Waals surface area contributed by atoms with Gasteiger partial charge in [0.25, 0.3) is 11.8 Å². The molecule has 0 aromatic heterocycles. The number of nitrogens with one attached hydrogen (secondary N) is 8. The van der Waals surface area contributed by atoms with Gasteiger partial charge in [0.1, 0.15) is 24.2 Å². The van der Waals surface area contributed by atoms with Gasteiger partial charge in [-0.3, -0.25) is 38.4 Å². The van der Waals surface area contributed by atoms with Crippen LogP contribution in [-0.2, 0) is 28.8 Å². The van der Waals surface area contributed by atoms with Crippen molar-refractivity contribution in [1.82, 2.24) is 52.3 Å². The van der Waals surface area contributed by atoms with E-state index in [9.17, 15) is 38.4 Å². The van der Waals surface area contributed by atoms with E-state index in [0.29, 0.717) is 0 Å². The third-order valence-electron chi connectivity index (χ3n) is 11.2. The SMILES string of the molecule is CN[C@@H](C)C(=O)N[C@H](C(=O)N1C[C@@H](NC(=O)c2ccc(C(=O)N[C@H]3C[C@@H](C(=O)NC(C)C)N(C(=O)[C@@H](NC(=O)[C@H](C)NC)C(C)(C)C)C3)cc2)C[C@H]1C(=O)NC(C)C)C(C)(C)C. The van der Waals surface area contributed by atoms with Crippen LogP contribution in [0.15, 0.2) is 24.3 Å². The minimum Gasteiger partial charge on any atom is -0.352 e. The molecule has 8 amide bonds. The Morgan fingerprint density at radius 1 is 0.532 bits per heavy atom.